The van der Waals surface area contributed by atoms with E-state index in [1.165, 1.54) is 20.8 Å². The SMILES string of the molecule is C=C1CC[C@H](OC(C)=O)[C@]2(C)[C@@H](OC(C)=O)CC/C(C)=C\[C@@H]3OC(=O)[C@H](C)[C@@]3(O)[C@@H](O)[C@@H]12. The third kappa shape index (κ3) is 3.88. The van der Waals surface area contributed by atoms with Gasteiger partial charge in [-0.1, -0.05) is 24.6 Å². The molecule has 8 heteroatoms. The molecule has 2 fully saturated rings. The molecule has 8 nitrogen and oxygen atoms in total. The summed E-state index contributed by atoms with van der Waals surface area (Å²) in [6.07, 6.45) is -0.478. The van der Waals surface area contributed by atoms with Crippen LogP contribution in [0.5, 0.6) is 0 Å². The van der Waals surface area contributed by atoms with Crippen LogP contribution >= 0.6 is 0 Å². The van der Waals surface area contributed by atoms with Gasteiger partial charge in [-0.15, -0.1) is 0 Å². The molecule has 0 radical (unpaired) electrons. The lowest BCUT2D eigenvalue weighted by atomic mass is 9.55. The number of ether oxygens (including phenoxy) is 3. The highest BCUT2D eigenvalue weighted by atomic mass is 16.6. The molecule has 1 saturated heterocycles. The van der Waals surface area contributed by atoms with Gasteiger partial charge in [-0.05, 0) is 45.6 Å². The van der Waals surface area contributed by atoms with Gasteiger partial charge in [0.1, 0.15) is 17.8 Å². The van der Waals surface area contributed by atoms with Gasteiger partial charge in [-0.3, -0.25) is 14.4 Å². The van der Waals surface area contributed by atoms with Gasteiger partial charge in [-0.2, -0.15) is 0 Å². The summed E-state index contributed by atoms with van der Waals surface area (Å²) in [5, 5.41) is 23.5. The van der Waals surface area contributed by atoms with Gasteiger partial charge in [0.2, 0.25) is 0 Å². The number of allylic oxidation sites excluding steroid dienone is 1. The van der Waals surface area contributed by atoms with Crippen LogP contribution in [-0.4, -0.2) is 58.1 Å². The first-order valence-electron chi connectivity index (χ1n) is 11.1. The lowest BCUT2D eigenvalue weighted by Gasteiger charge is -2.55. The van der Waals surface area contributed by atoms with Crippen LogP contribution in [0.15, 0.2) is 23.8 Å². The first kappa shape index (κ1) is 24.5. The molecule has 1 heterocycles. The fourth-order valence-corrected chi connectivity index (χ4v) is 5.79. The monoisotopic (exact) mass is 450 g/mol. The molecule has 0 amide bonds. The van der Waals surface area contributed by atoms with Gasteiger partial charge in [0.05, 0.1) is 17.4 Å². The molecule has 1 saturated carbocycles. The standard InChI is InChI=1S/C24H34O8/c1-12-7-9-17(30-15(4)25)23(6)18(31-16(5)26)10-8-13(2)20(23)21(27)24(29)14(3)22(28)32-19(24)11-12/h11,14,17-21,27,29H,2,7-10H2,1,3-6H3/b12-11-/t14-,17-,18-,19-,20+,21-,23-,24-/m0/s1. The molecule has 178 valence electrons. The Kier molecular flexibility index (Phi) is 6.60. The zero-order valence-corrected chi connectivity index (χ0v) is 19.4. The first-order valence-corrected chi connectivity index (χ1v) is 11.1. The van der Waals surface area contributed by atoms with Crippen LogP contribution in [0.4, 0.5) is 0 Å². The van der Waals surface area contributed by atoms with Gasteiger partial charge in [0.25, 0.3) is 0 Å². The molecule has 0 unspecified atom stereocenters. The van der Waals surface area contributed by atoms with Crippen molar-refractivity contribution in [3.05, 3.63) is 23.8 Å². The molecule has 0 aromatic carbocycles. The van der Waals surface area contributed by atoms with E-state index in [9.17, 15) is 24.6 Å². The van der Waals surface area contributed by atoms with E-state index in [1.807, 2.05) is 6.92 Å². The fraction of sp³-hybridized carbons (Fsp3) is 0.708. The molecule has 2 aliphatic carbocycles. The van der Waals surface area contributed by atoms with Crippen molar-refractivity contribution >= 4 is 17.9 Å². The maximum atomic E-state index is 12.5. The van der Waals surface area contributed by atoms with Gasteiger partial charge in [0.15, 0.2) is 6.10 Å². The van der Waals surface area contributed by atoms with Crippen LogP contribution in [-0.2, 0) is 28.6 Å². The van der Waals surface area contributed by atoms with E-state index >= 15 is 0 Å². The Bertz CT molecular complexity index is 847. The summed E-state index contributed by atoms with van der Waals surface area (Å²) in [4.78, 5) is 36.5. The Morgan fingerprint density at radius 1 is 1.16 bits per heavy atom. The smallest absolute Gasteiger partial charge is 0.312 e. The summed E-state index contributed by atoms with van der Waals surface area (Å²) in [7, 11) is 0. The van der Waals surface area contributed by atoms with Crippen molar-refractivity contribution in [2.75, 3.05) is 0 Å². The molecule has 3 aliphatic rings. The molecule has 0 bridgehead atoms. The highest BCUT2D eigenvalue weighted by molar-refractivity contribution is 5.77. The molecule has 0 aromatic rings. The molecular formula is C24H34O8. The number of rotatable bonds is 2. The topological polar surface area (TPSA) is 119 Å². The number of hydrogen-bond donors (Lipinski definition) is 2. The van der Waals surface area contributed by atoms with Crippen LogP contribution in [0.25, 0.3) is 0 Å². The van der Waals surface area contributed by atoms with Crippen molar-refractivity contribution in [3.8, 4) is 0 Å². The fourth-order valence-electron chi connectivity index (χ4n) is 5.79. The summed E-state index contributed by atoms with van der Waals surface area (Å²) >= 11 is 0. The van der Waals surface area contributed by atoms with E-state index < -0.39 is 65.2 Å². The molecule has 0 aromatic heterocycles. The normalized spacial score (nSPS) is 43.8. The molecular weight excluding hydrogens is 416 g/mol. The van der Waals surface area contributed by atoms with E-state index in [0.717, 1.165) is 5.57 Å². The van der Waals surface area contributed by atoms with E-state index in [2.05, 4.69) is 6.58 Å². The van der Waals surface area contributed by atoms with Crippen molar-refractivity contribution in [2.45, 2.75) is 90.3 Å². The van der Waals surface area contributed by atoms with Crippen molar-refractivity contribution in [2.24, 2.45) is 17.3 Å². The highest BCUT2D eigenvalue weighted by Crippen LogP contribution is 2.55. The third-order valence-corrected chi connectivity index (χ3v) is 7.61. The van der Waals surface area contributed by atoms with Crippen molar-refractivity contribution in [1.29, 1.82) is 0 Å². The Balaban J connectivity index is 2.23. The second kappa shape index (κ2) is 8.63. The van der Waals surface area contributed by atoms with Gasteiger partial charge in [-0.25, -0.2) is 0 Å². The second-order valence-electron chi connectivity index (χ2n) is 9.70. The summed E-state index contributed by atoms with van der Waals surface area (Å²) in [5.41, 5.74) is -1.56. The lowest BCUT2D eigenvalue weighted by molar-refractivity contribution is -0.209. The van der Waals surface area contributed by atoms with Crippen molar-refractivity contribution in [3.63, 3.8) is 0 Å². The number of carbonyl (C=O) groups excluding carboxylic acids is 3. The van der Waals surface area contributed by atoms with Gasteiger partial charge >= 0.3 is 17.9 Å². The zero-order chi connectivity index (χ0) is 24.0. The van der Waals surface area contributed by atoms with Gasteiger partial charge < -0.3 is 24.4 Å². The maximum Gasteiger partial charge on any atom is 0.312 e. The van der Waals surface area contributed by atoms with Crippen LogP contribution in [0.3, 0.4) is 0 Å². The minimum atomic E-state index is -1.93. The Morgan fingerprint density at radius 2 is 1.69 bits per heavy atom. The molecule has 32 heavy (non-hydrogen) atoms. The molecule has 2 N–H and O–H groups in total. The summed E-state index contributed by atoms with van der Waals surface area (Å²) < 4.78 is 16.9. The Morgan fingerprint density at radius 3 is 2.22 bits per heavy atom. The number of aliphatic hydroxyl groups excluding tert-OH is 1. The molecule has 0 spiro atoms. The lowest BCUT2D eigenvalue weighted by Crippen LogP contribution is -2.64. The van der Waals surface area contributed by atoms with Crippen molar-refractivity contribution in [1.82, 2.24) is 0 Å². The molecule has 8 atom stereocenters. The third-order valence-electron chi connectivity index (χ3n) is 7.61. The van der Waals surface area contributed by atoms with E-state index in [1.54, 1.807) is 13.0 Å². The van der Waals surface area contributed by atoms with Crippen LogP contribution in [0, 0.1) is 17.3 Å². The van der Waals surface area contributed by atoms with E-state index in [0.29, 0.717) is 31.3 Å². The largest absolute Gasteiger partial charge is 0.462 e. The van der Waals surface area contributed by atoms with Gasteiger partial charge in [0, 0.05) is 19.8 Å². The Hall–Kier alpha value is -2.19. The number of carbonyl (C=O) groups is 3. The van der Waals surface area contributed by atoms with Crippen LogP contribution < -0.4 is 0 Å². The minimum absolute atomic E-state index is 0.404. The minimum Gasteiger partial charge on any atom is -0.462 e. The number of fused-ring (bicyclic) bond motifs is 2. The van der Waals surface area contributed by atoms with E-state index in [-0.39, 0.29) is 0 Å². The first-order chi connectivity index (χ1) is 14.8. The summed E-state index contributed by atoms with van der Waals surface area (Å²) in [6.45, 7) is 11.9. The number of aliphatic hydroxyl groups is 2. The molecule has 1 aliphatic heterocycles. The predicted molar refractivity (Wildman–Crippen MR) is 114 cm³/mol. The average molecular weight is 451 g/mol. The van der Waals surface area contributed by atoms with E-state index in [4.69, 9.17) is 14.2 Å². The number of esters is 3. The van der Waals surface area contributed by atoms with Crippen LogP contribution in [0.2, 0.25) is 0 Å². The predicted octanol–water partition coefficient (Wildman–Crippen LogP) is 2.22. The molecule has 3 rings (SSSR count). The number of hydrogen-bond acceptors (Lipinski definition) is 8. The zero-order valence-electron chi connectivity index (χ0n) is 19.4. The highest BCUT2D eigenvalue weighted by Gasteiger charge is 2.65. The van der Waals surface area contributed by atoms with Crippen molar-refractivity contribution < 1.29 is 38.8 Å². The quantitative estimate of drug-likeness (QED) is 0.373. The summed E-state index contributed by atoms with van der Waals surface area (Å²) in [5.74, 6) is -3.40. The van der Waals surface area contributed by atoms with Crippen LogP contribution in [0.1, 0.15) is 60.3 Å². The Labute approximate surface area is 188 Å². The second-order valence-corrected chi connectivity index (χ2v) is 9.70. The summed E-state index contributed by atoms with van der Waals surface area (Å²) in [6, 6.07) is 0. The maximum absolute atomic E-state index is 12.5. The average Bonchev–Trinajstić information content (AvgIpc) is 2.90.